The number of hydrogen-bond acceptors (Lipinski definition) is 3. The van der Waals surface area contributed by atoms with Crippen molar-refractivity contribution in [3.63, 3.8) is 0 Å². The fourth-order valence-corrected chi connectivity index (χ4v) is 2.35. The number of rotatable bonds is 4. The van der Waals surface area contributed by atoms with Crippen LogP contribution < -0.4 is 0 Å². The van der Waals surface area contributed by atoms with Crippen LogP contribution in [0.3, 0.4) is 0 Å². The van der Waals surface area contributed by atoms with Gasteiger partial charge in [-0.3, -0.25) is 0 Å². The third kappa shape index (κ3) is 3.83. The molecule has 1 atom stereocenters. The molecular formula is C11H15O3S+. The molecule has 0 aliphatic heterocycles. The lowest BCUT2D eigenvalue weighted by Gasteiger charge is -2.02. The van der Waals surface area contributed by atoms with E-state index in [1.807, 2.05) is 18.4 Å². The second-order valence-electron chi connectivity index (χ2n) is 3.08. The van der Waals surface area contributed by atoms with E-state index in [0.717, 1.165) is 4.90 Å². The van der Waals surface area contributed by atoms with Gasteiger partial charge in [-0.1, -0.05) is 0 Å². The number of phenols is 1. The zero-order chi connectivity index (χ0) is 11.3. The summed E-state index contributed by atoms with van der Waals surface area (Å²) < 4.78 is 4.88. The number of carbonyl (C=O) groups excluding carboxylic acids is 1. The lowest BCUT2D eigenvalue weighted by molar-refractivity contribution is -0.139. The van der Waals surface area contributed by atoms with Crippen LogP contribution in [0.5, 0.6) is 5.75 Å². The van der Waals surface area contributed by atoms with Gasteiger partial charge in [-0.2, -0.15) is 0 Å². The van der Waals surface area contributed by atoms with E-state index in [2.05, 4.69) is 0 Å². The van der Waals surface area contributed by atoms with E-state index in [-0.39, 0.29) is 22.6 Å². The van der Waals surface area contributed by atoms with Gasteiger partial charge in [-0.25, -0.2) is 4.79 Å². The van der Waals surface area contributed by atoms with Crippen LogP contribution in [0, 0.1) is 0 Å². The number of aromatic hydroxyl groups is 1. The first kappa shape index (κ1) is 11.9. The highest BCUT2D eigenvalue weighted by Gasteiger charge is 2.20. The third-order valence-electron chi connectivity index (χ3n) is 1.88. The molecular weight excluding hydrogens is 212 g/mol. The molecule has 4 heteroatoms. The molecule has 0 bridgehead atoms. The van der Waals surface area contributed by atoms with E-state index in [1.54, 1.807) is 19.1 Å². The summed E-state index contributed by atoms with van der Waals surface area (Å²) in [5, 5.41) is 9.12. The van der Waals surface area contributed by atoms with Crippen LogP contribution in [0.25, 0.3) is 0 Å². The molecule has 15 heavy (non-hydrogen) atoms. The summed E-state index contributed by atoms with van der Waals surface area (Å²) in [6, 6.07) is 6.92. The molecule has 0 radical (unpaired) electrons. The van der Waals surface area contributed by atoms with Gasteiger partial charge in [0.15, 0.2) is 4.90 Å². The van der Waals surface area contributed by atoms with E-state index in [4.69, 9.17) is 9.84 Å². The predicted octanol–water partition coefficient (Wildman–Crippen LogP) is 1.56. The Labute approximate surface area is 92.4 Å². The third-order valence-corrected chi connectivity index (χ3v) is 3.62. The number of phenolic OH excluding ortho intramolecular Hbond substituents is 1. The van der Waals surface area contributed by atoms with Gasteiger partial charge in [0, 0.05) is 10.9 Å². The molecule has 0 fully saturated rings. The molecule has 0 amide bonds. The molecule has 3 nitrogen and oxygen atoms in total. The molecule has 0 aliphatic rings. The van der Waals surface area contributed by atoms with Crippen LogP contribution in [0.4, 0.5) is 0 Å². The largest absolute Gasteiger partial charge is 0.508 e. The lowest BCUT2D eigenvalue weighted by Crippen LogP contribution is -2.17. The maximum atomic E-state index is 11.2. The maximum absolute atomic E-state index is 11.2. The van der Waals surface area contributed by atoms with Crippen molar-refractivity contribution in [2.45, 2.75) is 11.8 Å². The van der Waals surface area contributed by atoms with Gasteiger partial charge in [0.2, 0.25) is 5.75 Å². The minimum absolute atomic E-state index is 0.159. The molecule has 0 aromatic heterocycles. The van der Waals surface area contributed by atoms with Gasteiger partial charge in [0.25, 0.3) is 0 Å². The Bertz CT molecular complexity index is 321. The Balaban J connectivity index is 2.57. The number of hydrogen-bond donors (Lipinski definition) is 1. The van der Waals surface area contributed by atoms with Gasteiger partial charge in [-0.15, -0.1) is 0 Å². The molecule has 0 aliphatic carbocycles. The molecule has 1 aromatic rings. The van der Waals surface area contributed by atoms with Crippen LogP contribution in [0.2, 0.25) is 0 Å². The highest BCUT2D eigenvalue weighted by Crippen LogP contribution is 2.16. The summed E-state index contributed by atoms with van der Waals surface area (Å²) >= 11 is 0. The maximum Gasteiger partial charge on any atom is 0.356 e. The average molecular weight is 227 g/mol. The summed E-state index contributed by atoms with van der Waals surface area (Å²) in [5.74, 6) is 0.474. The van der Waals surface area contributed by atoms with Crippen molar-refractivity contribution in [3.8, 4) is 5.75 Å². The Morgan fingerprint density at radius 1 is 1.40 bits per heavy atom. The number of esters is 1. The van der Waals surface area contributed by atoms with Gasteiger partial charge >= 0.3 is 5.97 Å². The van der Waals surface area contributed by atoms with Crippen molar-refractivity contribution in [1.29, 1.82) is 0 Å². The fraction of sp³-hybridized carbons (Fsp3) is 0.364. The molecule has 1 aromatic carbocycles. The molecule has 82 valence electrons. The highest BCUT2D eigenvalue weighted by molar-refractivity contribution is 7.96. The Morgan fingerprint density at radius 2 is 2.00 bits per heavy atom. The van der Waals surface area contributed by atoms with Gasteiger partial charge in [0.1, 0.15) is 12.0 Å². The van der Waals surface area contributed by atoms with Crippen molar-refractivity contribution >= 4 is 16.9 Å². The van der Waals surface area contributed by atoms with Crippen LogP contribution in [-0.2, 0) is 20.4 Å². The van der Waals surface area contributed by atoms with Crippen LogP contribution in [0.15, 0.2) is 29.2 Å². The van der Waals surface area contributed by atoms with Crippen LogP contribution in [0.1, 0.15) is 6.92 Å². The standard InChI is InChI=1S/C11H14O3S/c1-3-14-11(13)8-15(2)10-6-4-9(12)5-7-10/h4-7H,3,8H2,1-2H3/p+1. The summed E-state index contributed by atoms with van der Waals surface area (Å²) in [4.78, 5) is 12.3. The topological polar surface area (TPSA) is 46.5 Å². The molecule has 0 heterocycles. The molecule has 0 spiro atoms. The molecule has 0 saturated heterocycles. The van der Waals surface area contributed by atoms with Crippen molar-refractivity contribution in [2.24, 2.45) is 0 Å². The monoisotopic (exact) mass is 227 g/mol. The first-order valence-electron chi connectivity index (χ1n) is 4.70. The first-order valence-corrected chi connectivity index (χ1v) is 6.51. The minimum atomic E-state index is -0.170. The molecule has 1 rings (SSSR count). The van der Waals surface area contributed by atoms with E-state index >= 15 is 0 Å². The van der Waals surface area contributed by atoms with Crippen molar-refractivity contribution in [1.82, 2.24) is 0 Å². The quantitative estimate of drug-likeness (QED) is 0.627. The summed E-state index contributed by atoms with van der Waals surface area (Å²) in [5.41, 5.74) is 0. The molecule has 1 N–H and O–H groups in total. The van der Waals surface area contributed by atoms with Crippen LogP contribution >= 0.6 is 0 Å². The molecule has 0 saturated carbocycles. The second kappa shape index (κ2) is 5.66. The molecule has 1 unspecified atom stereocenters. The lowest BCUT2D eigenvalue weighted by atomic mass is 10.3. The summed E-state index contributed by atoms with van der Waals surface area (Å²) in [6.07, 6.45) is 1.99. The number of benzene rings is 1. The Kier molecular flexibility index (Phi) is 4.49. The van der Waals surface area contributed by atoms with Gasteiger partial charge in [0.05, 0.1) is 6.61 Å². The average Bonchev–Trinajstić information content (AvgIpc) is 2.18. The number of carbonyl (C=O) groups is 1. The van der Waals surface area contributed by atoms with Crippen molar-refractivity contribution < 1.29 is 14.6 Å². The highest BCUT2D eigenvalue weighted by atomic mass is 32.2. The normalized spacial score (nSPS) is 12.1. The van der Waals surface area contributed by atoms with E-state index < -0.39 is 0 Å². The Morgan fingerprint density at radius 3 is 2.53 bits per heavy atom. The van der Waals surface area contributed by atoms with Crippen LogP contribution in [-0.4, -0.2) is 29.7 Å². The van der Waals surface area contributed by atoms with E-state index in [0.29, 0.717) is 12.4 Å². The van der Waals surface area contributed by atoms with Crippen molar-refractivity contribution in [2.75, 3.05) is 18.6 Å². The van der Waals surface area contributed by atoms with E-state index in [1.165, 1.54) is 0 Å². The minimum Gasteiger partial charge on any atom is -0.508 e. The summed E-state index contributed by atoms with van der Waals surface area (Å²) in [6.45, 7) is 2.22. The zero-order valence-electron chi connectivity index (χ0n) is 8.90. The first-order chi connectivity index (χ1) is 7.13. The smallest absolute Gasteiger partial charge is 0.356 e. The van der Waals surface area contributed by atoms with E-state index in [9.17, 15) is 4.79 Å². The second-order valence-corrected chi connectivity index (χ2v) is 5.11. The predicted molar refractivity (Wildman–Crippen MR) is 61.2 cm³/mol. The zero-order valence-corrected chi connectivity index (χ0v) is 9.71. The Hall–Kier alpha value is -1.16. The SMILES string of the molecule is CCOC(=O)C[S+](C)c1ccc(O)cc1. The van der Waals surface area contributed by atoms with Crippen molar-refractivity contribution in [3.05, 3.63) is 24.3 Å². The van der Waals surface area contributed by atoms with Gasteiger partial charge in [-0.05, 0) is 31.2 Å². The van der Waals surface area contributed by atoms with Gasteiger partial charge < -0.3 is 9.84 Å². The summed E-state index contributed by atoms with van der Waals surface area (Å²) in [7, 11) is -0.159. The number of ether oxygens (including phenoxy) is 1. The fourth-order valence-electron chi connectivity index (χ4n) is 1.14.